The average molecular weight is 229 g/mol. The number of ether oxygens (including phenoxy) is 1. The van der Waals surface area contributed by atoms with Gasteiger partial charge in [0.15, 0.2) is 0 Å². The van der Waals surface area contributed by atoms with Gasteiger partial charge in [-0.1, -0.05) is 13.8 Å². The fraction of sp³-hybridized carbons (Fsp3) is 0.833. The molecule has 0 aliphatic heterocycles. The standard InChI is InChI=1S/C12H23NO3/c1-9(2)8-12(15)11(13)5-4-10(3)16-7-6-14/h6,9-11H,4-5,7-8,13H2,1-3H3/t10-,11+/m1/s1. The highest BCUT2D eigenvalue weighted by atomic mass is 16.5. The molecule has 0 bridgehead atoms. The molecule has 16 heavy (non-hydrogen) atoms. The van der Waals surface area contributed by atoms with Crippen LogP contribution in [0.15, 0.2) is 0 Å². The summed E-state index contributed by atoms with van der Waals surface area (Å²) in [7, 11) is 0. The van der Waals surface area contributed by atoms with Crippen LogP contribution in [0, 0.1) is 5.92 Å². The molecule has 4 heteroatoms. The first-order chi connectivity index (χ1) is 7.47. The van der Waals surface area contributed by atoms with Gasteiger partial charge in [-0.2, -0.15) is 0 Å². The van der Waals surface area contributed by atoms with E-state index in [-0.39, 0.29) is 18.5 Å². The van der Waals surface area contributed by atoms with Crippen molar-refractivity contribution in [2.75, 3.05) is 6.61 Å². The first kappa shape index (κ1) is 15.3. The van der Waals surface area contributed by atoms with Crippen LogP contribution in [0.1, 0.15) is 40.0 Å². The summed E-state index contributed by atoms with van der Waals surface area (Å²) in [5.41, 5.74) is 5.77. The van der Waals surface area contributed by atoms with Gasteiger partial charge in [-0.3, -0.25) is 4.79 Å². The summed E-state index contributed by atoms with van der Waals surface area (Å²) in [4.78, 5) is 21.6. The van der Waals surface area contributed by atoms with Crippen molar-refractivity contribution in [3.63, 3.8) is 0 Å². The van der Waals surface area contributed by atoms with Gasteiger partial charge in [0.2, 0.25) is 0 Å². The molecule has 2 N–H and O–H groups in total. The molecule has 0 amide bonds. The topological polar surface area (TPSA) is 69.4 Å². The monoisotopic (exact) mass is 229 g/mol. The minimum atomic E-state index is -0.398. The van der Waals surface area contributed by atoms with Crippen LogP contribution >= 0.6 is 0 Å². The Hall–Kier alpha value is -0.740. The molecule has 0 aromatic rings. The van der Waals surface area contributed by atoms with E-state index >= 15 is 0 Å². The summed E-state index contributed by atoms with van der Waals surface area (Å²) < 4.78 is 5.17. The summed E-state index contributed by atoms with van der Waals surface area (Å²) in [6.07, 6.45) is 2.55. The predicted octanol–water partition coefficient (Wildman–Crippen LogP) is 1.31. The first-order valence-corrected chi connectivity index (χ1v) is 5.80. The molecule has 4 nitrogen and oxygen atoms in total. The van der Waals surface area contributed by atoms with Crippen molar-refractivity contribution in [2.45, 2.75) is 52.2 Å². The summed E-state index contributed by atoms with van der Waals surface area (Å²) in [6.45, 7) is 5.99. The number of nitrogens with two attached hydrogens (primary N) is 1. The highest BCUT2D eigenvalue weighted by Gasteiger charge is 2.15. The highest BCUT2D eigenvalue weighted by molar-refractivity contribution is 5.83. The van der Waals surface area contributed by atoms with E-state index in [1.165, 1.54) is 0 Å². The molecule has 0 fully saturated rings. The molecule has 0 aromatic heterocycles. The van der Waals surface area contributed by atoms with E-state index in [1.807, 2.05) is 20.8 Å². The molecule has 0 spiro atoms. The largest absolute Gasteiger partial charge is 0.371 e. The minimum Gasteiger partial charge on any atom is -0.371 e. The fourth-order valence-electron chi connectivity index (χ4n) is 1.42. The SMILES string of the molecule is CC(C)CC(=O)[C@@H](N)CC[C@@H](C)OCC=O. The maximum absolute atomic E-state index is 11.6. The summed E-state index contributed by atoms with van der Waals surface area (Å²) in [5.74, 6) is 0.458. The molecule has 0 heterocycles. The van der Waals surface area contributed by atoms with E-state index in [0.717, 1.165) is 6.29 Å². The van der Waals surface area contributed by atoms with Crippen LogP contribution in [0.3, 0.4) is 0 Å². The Morgan fingerprint density at radius 2 is 1.94 bits per heavy atom. The molecule has 0 unspecified atom stereocenters. The summed E-state index contributed by atoms with van der Waals surface area (Å²) >= 11 is 0. The molecule has 0 aliphatic rings. The van der Waals surface area contributed by atoms with Crippen molar-refractivity contribution in [3.8, 4) is 0 Å². The second-order valence-electron chi connectivity index (χ2n) is 4.56. The molecule has 0 radical (unpaired) electrons. The van der Waals surface area contributed by atoms with E-state index < -0.39 is 6.04 Å². The zero-order valence-electron chi connectivity index (χ0n) is 10.4. The normalized spacial score (nSPS) is 14.8. The second-order valence-corrected chi connectivity index (χ2v) is 4.56. The Morgan fingerprint density at radius 1 is 1.31 bits per heavy atom. The zero-order valence-corrected chi connectivity index (χ0v) is 10.4. The van der Waals surface area contributed by atoms with Crippen LogP contribution in [-0.4, -0.2) is 30.8 Å². The molecule has 0 saturated carbocycles. The van der Waals surface area contributed by atoms with Gasteiger partial charge in [0.1, 0.15) is 18.7 Å². The van der Waals surface area contributed by atoms with E-state index in [1.54, 1.807) is 0 Å². The lowest BCUT2D eigenvalue weighted by atomic mass is 9.98. The Morgan fingerprint density at radius 3 is 2.44 bits per heavy atom. The van der Waals surface area contributed by atoms with Crippen molar-refractivity contribution < 1.29 is 14.3 Å². The Labute approximate surface area is 97.5 Å². The van der Waals surface area contributed by atoms with Gasteiger partial charge in [-0.05, 0) is 25.7 Å². The number of Topliss-reactive ketones (excluding diaryl/α,β-unsaturated/α-hetero) is 1. The smallest absolute Gasteiger partial charge is 0.149 e. The van der Waals surface area contributed by atoms with Crippen molar-refractivity contribution in [3.05, 3.63) is 0 Å². The fourth-order valence-corrected chi connectivity index (χ4v) is 1.42. The third-order valence-corrected chi connectivity index (χ3v) is 2.36. The van der Waals surface area contributed by atoms with Crippen LogP contribution in [0.2, 0.25) is 0 Å². The molecular formula is C12H23NO3. The molecular weight excluding hydrogens is 206 g/mol. The molecule has 2 atom stereocenters. The van der Waals surface area contributed by atoms with Gasteiger partial charge in [0.05, 0.1) is 12.1 Å². The number of hydrogen-bond acceptors (Lipinski definition) is 4. The number of ketones is 1. The van der Waals surface area contributed by atoms with Crippen LogP contribution in [0.25, 0.3) is 0 Å². The van der Waals surface area contributed by atoms with Crippen LogP contribution in [-0.2, 0) is 14.3 Å². The summed E-state index contributed by atoms with van der Waals surface area (Å²) in [6, 6.07) is -0.398. The highest BCUT2D eigenvalue weighted by Crippen LogP contribution is 2.08. The molecule has 94 valence electrons. The average Bonchev–Trinajstić information content (AvgIpc) is 2.21. The van der Waals surface area contributed by atoms with E-state index in [4.69, 9.17) is 10.5 Å². The maximum Gasteiger partial charge on any atom is 0.149 e. The third kappa shape index (κ3) is 7.54. The van der Waals surface area contributed by atoms with E-state index in [0.29, 0.717) is 25.2 Å². The van der Waals surface area contributed by atoms with Crippen LogP contribution < -0.4 is 5.73 Å². The lowest BCUT2D eigenvalue weighted by Crippen LogP contribution is -2.32. The van der Waals surface area contributed by atoms with Crippen molar-refractivity contribution in [1.82, 2.24) is 0 Å². The molecule has 0 aromatic carbocycles. The number of aldehydes is 1. The van der Waals surface area contributed by atoms with E-state index in [2.05, 4.69) is 0 Å². The van der Waals surface area contributed by atoms with Gasteiger partial charge in [-0.15, -0.1) is 0 Å². The third-order valence-electron chi connectivity index (χ3n) is 2.36. The van der Waals surface area contributed by atoms with Gasteiger partial charge < -0.3 is 15.3 Å². The van der Waals surface area contributed by atoms with Gasteiger partial charge >= 0.3 is 0 Å². The number of carbonyl (C=O) groups excluding carboxylic acids is 2. The van der Waals surface area contributed by atoms with Gasteiger partial charge in [0, 0.05) is 6.42 Å². The maximum atomic E-state index is 11.6. The molecule has 0 rings (SSSR count). The second kappa shape index (κ2) is 8.42. The van der Waals surface area contributed by atoms with E-state index in [9.17, 15) is 9.59 Å². The Kier molecular flexibility index (Phi) is 8.03. The minimum absolute atomic E-state index is 0.0249. The van der Waals surface area contributed by atoms with Gasteiger partial charge in [-0.25, -0.2) is 0 Å². The van der Waals surface area contributed by atoms with Crippen molar-refractivity contribution in [1.29, 1.82) is 0 Å². The van der Waals surface area contributed by atoms with Crippen LogP contribution in [0.4, 0.5) is 0 Å². The number of rotatable bonds is 9. The van der Waals surface area contributed by atoms with Crippen molar-refractivity contribution in [2.24, 2.45) is 11.7 Å². The predicted molar refractivity (Wildman–Crippen MR) is 63.1 cm³/mol. The van der Waals surface area contributed by atoms with Gasteiger partial charge in [0.25, 0.3) is 0 Å². The van der Waals surface area contributed by atoms with Crippen LogP contribution in [0.5, 0.6) is 0 Å². The number of hydrogen-bond donors (Lipinski definition) is 1. The van der Waals surface area contributed by atoms with Crippen molar-refractivity contribution >= 4 is 12.1 Å². The molecule has 0 saturated heterocycles. The lowest BCUT2D eigenvalue weighted by Gasteiger charge is -2.15. The summed E-state index contributed by atoms with van der Waals surface area (Å²) in [5, 5.41) is 0. The Balaban J connectivity index is 3.74. The zero-order chi connectivity index (χ0) is 12.6. The Bertz CT molecular complexity index is 216. The lowest BCUT2D eigenvalue weighted by molar-refractivity contribution is -0.121. The number of carbonyl (C=O) groups is 2. The quantitative estimate of drug-likeness (QED) is 0.605. The first-order valence-electron chi connectivity index (χ1n) is 5.80. The molecule has 0 aliphatic carbocycles.